The van der Waals surface area contributed by atoms with E-state index in [-0.39, 0.29) is 11.1 Å². The molecule has 2 aromatic rings. The lowest BCUT2D eigenvalue weighted by Crippen LogP contribution is -2.20. The number of carbonyl (C=O) groups is 1. The van der Waals surface area contributed by atoms with Gasteiger partial charge in [-0.15, -0.1) is 0 Å². The van der Waals surface area contributed by atoms with Crippen LogP contribution in [0.4, 0.5) is 0 Å². The second-order valence-corrected chi connectivity index (χ2v) is 3.95. The van der Waals surface area contributed by atoms with Crippen molar-refractivity contribution in [3.8, 4) is 0 Å². The summed E-state index contributed by atoms with van der Waals surface area (Å²) in [6.45, 7) is 0. The number of nitrogens with one attached hydrogen (secondary N) is 1. The lowest BCUT2D eigenvalue weighted by atomic mass is 10.2. The molecule has 5 heteroatoms. The molecule has 15 heavy (non-hydrogen) atoms. The van der Waals surface area contributed by atoms with Crippen LogP contribution in [-0.2, 0) is 0 Å². The summed E-state index contributed by atoms with van der Waals surface area (Å²) in [5.74, 6) is -0.661. The van der Waals surface area contributed by atoms with Gasteiger partial charge >= 0.3 is 0 Å². The number of rotatable bonds is 1. The fourth-order valence-electron chi connectivity index (χ4n) is 1.29. The Bertz CT molecular complexity index is 604. The number of hydrogen-bond acceptors (Lipinski definition) is 3. The Balaban J connectivity index is 2.83. The highest BCUT2D eigenvalue weighted by Gasteiger charge is 2.07. The molecule has 0 bridgehead atoms. The number of primary amides is 1. The fourth-order valence-corrected chi connectivity index (χ4v) is 1.67. The first-order valence-corrected chi connectivity index (χ1v) is 4.95. The first kappa shape index (κ1) is 9.92. The van der Waals surface area contributed by atoms with Crippen LogP contribution in [0.1, 0.15) is 10.4 Å². The molecule has 0 fully saturated rings. The maximum absolute atomic E-state index is 11.0. The number of fused-ring (bicyclic) bond motifs is 1. The summed E-state index contributed by atoms with van der Waals surface area (Å²) < 4.78 is 6.03. The molecule has 4 nitrogen and oxygen atoms in total. The second kappa shape index (κ2) is 3.51. The molecule has 0 aliphatic carbocycles. The first-order chi connectivity index (χ1) is 7.08. The van der Waals surface area contributed by atoms with Crippen LogP contribution >= 0.6 is 15.9 Å². The zero-order chi connectivity index (χ0) is 11.0. The third-order valence-corrected chi connectivity index (χ3v) is 2.49. The van der Waals surface area contributed by atoms with Crippen LogP contribution in [0.25, 0.3) is 11.0 Å². The smallest absolute Gasteiger partial charge is 0.254 e. The molecule has 0 radical (unpaired) electrons. The van der Waals surface area contributed by atoms with Gasteiger partial charge in [0.25, 0.3) is 5.91 Å². The summed E-state index contributed by atoms with van der Waals surface area (Å²) in [6, 6.07) is 6.87. The van der Waals surface area contributed by atoms with Crippen molar-refractivity contribution >= 4 is 32.8 Å². The number of amides is 1. The Labute approximate surface area is 93.3 Å². The Morgan fingerprint density at radius 1 is 1.40 bits per heavy atom. The molecular weight excluding hydrogens is 260 g/mol. The van der Waals surface area contributed by atoms with Crippen LogP contribution in [-0.4, -0.2) is 5.91 Å². The summed E-state index contributed by atoms with van der Waals surface area (Å²) >= 11 is 3.31. The van der Waals surface area contributed by atoms with Crippen molar-refractivity contribution in [3.05, 3.63) is 39.9 Å². The van der Waals surface area contributed by atoms with Crippen LogP contribution in [0.5, 0.6) is 0 Å². The van der Waals surface area contributed by atoms with E-state index in [9.17, 15) is 4.79 Å². The maximum Gasteiger partial charge on any atom is 0.254 e. The molecular formula is C10H7BrN2O2. The zero-order valence-electron chi connectivity index (χ0n) is 7.58. The molecule has 0 aliphatic heterocycles. The Kier molecular flexibility index (Phi) is 2.32. The first-order valence-electron chi connectivity index (χ1n) is 4.16. The SMILES string of the molecule is N=c1oc2ccc(Br)cc2cc1C(N)=O. The molecule has 76 valence electrons. The van der Waals surface area contributed by atoms with E-state index in [0.29, 0.717) is 5.58 Å². The third kappa shape index (κ3) is 1.78. The molecule has 0 atom stereocenters. The lowest BCUT2D eigenvalue weighted by Gasteiger charge is -2.00. The molecule has 0 saturated carbocycles. The number of benzene rings is 1. The molecule has 2 rings (SSSR count). The third-order valence-electron chi connectivity index (χ3n) is 1.99. The van der Waals surface area contributed by atoms with Crippen LogP contribution in [0.3, 0.4) is 0 Å². The summed E-state index contributed by atoms with van der Waals surface area (Å²) in [6.07, 6.45) is 0. The summed E-state index contributed by atoms with van der Waals surface area (Å²) in [5.41, 5.74) is 5.54. The van der Waals surface area contributed by atoms with Crippen LogP contribution in [0, 0.1) is 5.41 Å². The van der Waals surface area contributed by atoms with Gasteiger partial charge in [-0.1, -0.05) is 15.9 Å². The van der Waals surface area contributed by atoms with Gasteiger partial charge in [-0.25, -0.2) is 0 Å². The largest absolute Gasteiger partial charge is 0.438 e. The Hall–Kier alpha value is -1.62. The minimum absolute atomic E-state index is 0.0839. The Morgan fingerprint density at radius 2 is 2.13 bits per heavy atom. The quantitative estimate of drug-likeness (QED) is 0.825. The van der Waals surface area contributed by atoms with E-state index in [1.165, 1.54) is 0 Å². The predicted molar refractivity (Wildman–Crippen MR) is 58.3 cm³/mol. The standard InChI is InChI=1S/C10H7BrN2O2/c11-6-1-2-8-5(3-6)4-7(9(12)14)10(13)15-8/h1-4,13H,(H2,12,14). The molecule has 1 aromatic carbocycles. The van der Waals surface area contributed by atoms with Gasteiger partial charge in [-0.05, 0) is 24.3 Å². The number of hydrogen-bond donors (Lipinski definition) is 2. The average molecular weight is 267 g/mol. The maximum atomic E-state index is 11.0. The van der Waals surface area contributed by atoms with Crippen molar-refractivity contribution in [1.82, 2.24) is 0 Å². The normalized spacial score (nSPS) is 10.5. The van der Waals surface area contributed by atoms with E-state index in [1.807, 2.05) is 0 Å². The van der Waals surface area contributed by atoms with Gasteiger partial charge in [0.05, 0.1) is 0 Å². The number of nitrogens with two attached hydrogens (primary N) is 1. The van der Waals surface area contributed by atoms with Crippen LogP contribution in [0.15, 0.2) is 33.2 Å². The Morgan fingerprint density at radius 3 is 2.80 bits per heavy atom. The van der Waals surface area contributed by atoms with Crippen molar-refractivity contribution in [1.29, 1.82) is 5.41 Å². The highest BCUT2D eigenvalue weighted by atomic mass is 79.9. The number of carbonyl (C=O) groups excluding carboxylic acids is 1. The summed E-state index contributed by atoms with van der Waals surface area (Å²) in [4.78, 5) is 11.0. The molecule has 3 N–H and O–H groups in total. The molecule has 1 amide bonds. The van der Waals surface area contributed by atoms with Crippen LogP contribution in [0.2, 0.25) is 0 Å². The summed E-state index contributed by atoms with van der Waals surface area (Å²) in [5, 5.41) is 8.19. The van der Waals surface area contributed by atoms with E-state index in [0.717, 1.165) is 9.86 Å². The molecule has 0 aliphatic rings. The minimum Gasteiger partial charge on any atom is -0.438 e. The highest BCUT2D eigenvalue weighted by Crippen LogP contribution is 2.18. The topological polar surface area (TPSA) is 80.1 Å². The monoisotopic (exact) mass is 266 g/mol. The zero-order valence-corrected chi connectivity index (χ0v) is 9.17. The molecule has 1 heterocycles. The second-order valence-electron chi connectivity index (χ2n) is 3.04. The molecule has 0 spiro atoms. The van der Waals surface area contributed by atoms with Crippen molar-refractivity contribution in [2.24, 2.45) is 5.73 Å². The summed E-state index contributed by atoms with van der Waals surface area (Å²) in [7, 11) is 0. The predicted octanol–water partition coefficient (Wildman–Crippen LogP) is 1.77. The van der Waals surface area contributed by atoms with E-state index in [2.05, 4.69) is 15.9 Å². The highest BCUT2D eigenvalue weighted by molar-refractivity contribution is 9.10. The van der Waals surface area contributed by atoms with Crippen molar-refractivity contribution < 1.29 is 9.21 Å². The van der Waals surface area contributed by atoms with Crippen molar-refractivity contribution in [3.63, 3.8) is 0 Å². The minimum atomic E-state index is -0.661. The lowest BCUT2D eigenvalue weighted by molar-refractivity contribution is 0.0996. The van der Waals surface area contributed by atoms with Gasteiger partial charge < -0.3 is 10.2 Å². The van der Waals surface area contributed by atoms with Gasteiger partial charge in [0.1, 0.15) is 11.1 Å². The van der Waals surface area contributed by atoms with Gasteiger partial charge in [0.15, 0.2) is 0 Å². The van der Waals surface area contributed by atoms with E-state index >= 15 is 0 Å². The fraction of sp³-hybridized carbons (Fsp3) is 0. The van der Waals surface area contributed by atoms with Crippen LogP contribution < -0.4 is 11.3 Å². The van der Waals surface area contributed by atoms with Gasteiger partial charge in [0, 0.05) is 9.86 Å². The molecule has 0 unspecified atom stereocenters. The van der Waals surface area contributed by atoms with Gasteiger partial charge in [-0.3, -0.25) is 10.2 Å². The van der Waals surface area contributed by atoms with E-state index < -0.39 is 5.91 Å². The average Bonchev–Trinajstić information content (AvgIpc) is 2.17. The number of halogens is 1. The van der Waals surface area contributed by atoms with Crippen molar-refractivity contribution in [2.45, 2.75) is 0 Å². The van der Waals surface area contributed by atoms with Gasteiger partial charge in [-0.2, -0.15) is 0 Å². The van der Waals surface area contributed by atoms with Gasteiger partial charge in [0.2, 0.25) is 5.55 Å². The molecule has 0 saturated heterocycles. The van der Waals surface area contributed by atoms with Crippen molar-refractivity contribution in [2.75, 3.05) is 0 Å². The van der Waals surface area contributed by atoms with E-state index in [4.69, 9.17) is 15.6 Å². The van der Waals surface area contributed by atoms with E-state index in [1.54, 1.807) is 24.3 Å². The molecule has 1 aromatic heterocycles.